The maximum atomic E-state index is 13.2. The second-order valence-electron chi connectivity index (χ2n) is 6.14. The lowest BCUT2D eigenvalue weighted by atomic mass is 10.0. The van der Waals surface area contributed by atoms with Crippen molar-refractivity contribution < 1.29 is 23.6 Å². The molecule has 0 saturated carbocycles. The number of hydroxylamine groups is 2. The predicted octanol–water partition coefficient (Wildman–Crippen LogP) is 3.74. The highest BCUT2D eigenvalue weighted by Crippen LogP contribution is 2.22. The Bertz CT molecular complexity index is 744. The second kappa shape index (κ2) is 8.58. The third-order valence-electron chi connectivity index (χ3n) is 3.76. The van der Waals surface area contributed by atoms with Crippen molar-refractivity contribution in [2.45, 2.75) is 32.9 Å². The molecule has 0 bridgehead atoms. The van der Waals surface area contributed by atoms with E-state index in [0.29, 0.717) is 0 Å². The maximum absolute atomic E-state index is 13.2. The van der Waals surface area contributed by atoms with Crippen molar-refractivity contribution in [3.8, 4) is 0 Å². The number of halogens is 1. The van der Waals surface area contributed by atoms with Crippen molar-refractivity contribution in [2.75, 3.05) is 6.61 Å². The zero-order chi connectivity index (χ0) is 19.2. The Balaban J connectivity index is 2.29. The van der Waals surface area contributed by atoms with E-state index in [-0.39, 0.29) is 18.8 Å². The summed E-state index contributed by atoms with van der Waals surface area (Å²) in [7, 11) is 0. The molecule has 2 rings (SSSR count). The van der Waals surface area contributed by atoms with Crippen LogP contribution in [0.1, 0.15) is 36.7 Å². The summed E-state index contributed by atoms with van der Waals surface area (Å²) in [4.78, 5) is 31.0. The fraction of sp³-hybridized carbons (Fsp3) is 0.300. The summed E-state index contributed by atoms with van der Waals surface area (Å²) in [6.07, 6.45) is 0. The first-order chi connectivity index (χ1) is 12.4. The van der Waals surface area contributed by atoms with E-state index in [9.17, 15) is 14.0 Å². The number of ether oxygens (including phenoxy) is 1. The normalized spacial score (nSPS) is 11.1. The number of carbonyl (C=O) groups is 2. The first-order valence-corrected chi connectivity index (χ1v) is 8.30. The third kappa shape index (κ3) is 4.67. The average Bonchev–Trinajstić information content (AvgIpc) is 2.63. The summed E-state index contributed by atoms with van der Waals surface area (Å²) in [5.74, 6) is -1.61. The van der Waals surface area contributed by atoms with Crippen molar-refractivity contribution in [1.29, 1.82) is 0 Å². The standard InChI is InChI=1S/C20H22FNO4/c1-4-25-19(24)20(2,3)22(26-14-15-8-6-5-7-9-15)18(23)16-10-12-17(21)13-11-16/h5-13H,4,14H2,1-3H3. The Labute approximate surface area is 152 Å². The van der Waals surface area contributed by atoms with Crippen molar-refractivity contribution in [3.05, 3.63) is 71.5 Å². The van der Waals surface area contributed by atoms with E-state index in [4.69, 9.17) is 9.57 Å². The molecule has 0 aliphatic heterocycles. The van der Waals surface area contributed by atoms with Gasteiger partial charge in [0.25, 0.3) is 5.91 Å². The van der Waals surface area contributed by atoms with E-state index in [0.717, 1.165) is 10.6 Å². The number of amides is 1. The minimum atomic E-state index is -1.36. The molecule has 0 N–H and O–H groups in total. The molecule has 2 aromatic rings. The van der Waals surface area contributed by atoms with Crippen LogP contribution in [-0.4, -0.2) is 29.1 Å². The number of hydrogen-bond acceptors (Lipinski definition) is 4. The van der Waals surface area contributed by atoms with Crippen molar-refractivity contribution in [3.63, 3.8) is 0 Å². The molecule has 0 aliphatic carbocycles. The van der Waals surface area contributed by atoms with Crippen molar-refractivity contribution in [2.24, 2.45) is 0 Å². The lowest BCUT2D eigenvalue weighted by Crippen LogP contribution is -2.53. The summed E-state index contributed by atoms with van der Waals surface area (Å²) in [6.45, 7) is 5.04. The van der Waals surface area contributed by atoms with Crippen LogP contribution in [-0.2, 0) is 21.0 Å². The number of nitrogens with zero attached hydrogens (tertiary/aromatic N) is 1. The quantitative estimate of drug-likeness (QED) is 0.558. The minimum absolute atomic E-state index is 0.0939. The molecule has 0 heterocycles. The zero-order valence-corrected chi connectivity index (χ0v) is 15.1. The van der Waals surface area contributed by atoms with Crippen LogP contribution in [0.5, 0.6) is 0 Å². The monoisotopic (exact) mass is 359 g/mol. The molecule has 0 saturated heterocycles. The molecule has 0 unspecified atom stereocenters. The number of benzene rings is 2. The van der Waals surface area contributed by atoms with Gasteiger partial charge >= 0.3 is 5.97 Å². The summed E-state index contributed by atoms with van der Waals surface area (Å²) in [6, 6.07) is 14.3. The Kier molecular flexibility index (Phi) is 6.46. The molecule has 1 amide bonds. The van der Waals surface area contributed by atoms with Crippen LogP contribution in [0.25, 0.3) is 0 Å². The lowest BCUT2D eigenvalue weighted by Gasteiger charge is -2.35. The maximum Gasteiger partial charge on any atom is 0.334 e. The molecule has 0 aliphatic rings. The van der Waals surface area contributed by atoms with Crippen LogP contribution in [0.4, 0.5) is 4.39 Å². The lowest BCUT2D eigenvalue weighted by molar-refractivity contribution is -0.204. The molecule has 0 spiro atoms. The van der Waals surface area contributed by atoms with Gasteiger partial charge in [-0.15, -0.1) is 0 Å². The number of hydrogen-bond donors (Lipinski definition) is 0. The number of esters is 1. The molecular weight excluding hydrogens is 337 g/mol. The van der Waals surface area contributed by atoms with Gasteiger partial charge in [0.05, 0.1) is 6.61 Å². The van der Waals surface area contributed by atoms with E-state index in [1.807, 2.05) is 30.3 Å². The van der Waals surface area contributed by atoms with Crippen LogP contribution in [0.3, 0.4) is 0 Å². The molecule has 26 heavy (non-hydrogen) atoms. The van der Waals surface area contributed by atoms with E-state index in [1.165, 1.54) is 38.1 Å². The van der Waals surface area contributed by atoms with Gasteiger partial charge in [-0.05, 0) is 50.6 Å². The highest BCUT2D eigenvalue weighted by atomic mass is 19.1. The largest absolute Gasteiger partial charge is 0.464 e. The van der Waals surface area contributed by atoms with E-state index in [1.54, 1.807) is 6.92 Å². The Morgan fingerprint density at radius 2 is 1.65 bits per heavy atom. The van der Waals surface area contributed by atoms with Gasteiger partial charge in [0.15, 0.2) is 5.54 Å². The van der Waals surface area contributed by atoms with E-state index in [2.05, 4.69) is 0 Å². The van der Waals surface area contributed by atoms with Gasteiger partial charge in [-0.2, -0.15) is 0 Å². The summed E-state index contributed by atoms with van der Waals surface area (Å²) in [5.41, 5.74) is -0.322. The van der Waals surface area contributed by atoms with Crippen LogP contribution in [0.2, 0.25) is 0 Å². The van der Waals surface area contributed by atoms with Crippen LogP contribution >= 0.6 is 0 Å². The molecule has 5 nitrogen and oxygen atoms in total. The first-order valence-electron chi connectivity index (χ1n) is 8.30. The highest BCUT2D eigenvalue weighted by Gasteiger charge is 2.41. The Hall–Kier alpha value is -2.73. The molecule has 2 aromatic carbocycles. The molecular formula is C20H22FNO4. The fourth-order valence-corrected chi connectivity index (χ4v) is 2.29. The van der Waals surface area contributed by atoms with E-state index >= 15 is 0 Å². The van der Waals surface area contributed by atoms with Crippen LogP contribution in [0, 0.1) is 5.82 Å². The summed E-state index contributed by atoms with van der Waals surface area (Å²) in [5, 5.41) is 0.991. The minimum Gasteiger partial charge on any atom is -0.464 e. The average molecular weight is 359 g/mol. The molecule has 138 valence electrons. The van der Waals surface area contributed by atoms with Gasteiger partial charge in [-0.1, -0.05) is 30.3 Å². The smallest absolute Gasteiger partial charge is 0.334 e. The first kappa shape index (κ1) is 19.6. The summed E-state index contributed by atoms with van der Waals surface area (Å²) >= 11 is 0. The zero-order valence-electron chi connectivity index (χ0n) is 15.1. The van der Waals surface area contributed by atoms with Crippen molar-refractivity contribution in [1.82, 2.24) is 5.06 Å². The fourth-order valence-electron chi connectivity index (χ4n) is 2.29. The van der Waals surface area contributed by atoms with Gasteiger partial charge in [-0.25, -0.2) is 14.2 Å². The van der Waals surface area contributed by atoms with E-state index < -0.39 is 23.2 Å². The Morgan fingerprint density at radius 1 is 1.04 bits per heavy atom. The molecule has 0 radical (unpaired) electrons. The Morgan fingerprint density at radius 3 is 2.23 bits per heavy atom. The molecule has 6 heteroatoms. The van der Waals surface area contributed by atoms with Crippen LogP contribution < -0.4 is 0 Å². The SMILES string of the molecule is CCOC(=O)C(C)(C)N(OCc1ccccc1)C(=O)c1ccc(F)cc1. The van der Waals surface area contributed by atoms with Crippen LogP contribution in [0.15, 0.2) is 54.6 Å². The highest BCUT2D eigenvalue weighted by molar-refractivity contribution is 5.97. The third-order valence-corrected chi connectivity index (χ3v) is 3.76. The van der Waals surface area contributed by atoms with Crippen molar-refractivity contribution >= 4 is 11.9 Å². The number of rotatable bonds is 7. The topological polar surface area (TPSA) is 55.8 Å². The number of carbonyl (C=O) groups excluding carboxylic acids is 2. The molecule has 0 aromatic heterocycles. The molecule has 0 fully saturated rings. The van der Waals surface area contributed by atoms with Gasteiger partial charge in [0, 0.05) is 5.56 Å². The van der Waals surface area contributed by atoms with Gasteiger partial charge in [0.2, 0.25) is 0 Å². The predicted molar refractivity (Wildman–Crippen MR) is 94.5 cm³/mol. The summed E-state index contributed by atoms with van der Waals surface area (Å²) < 4.78 is 18.2. The van der Waals surface area contributed by atoms with Gasteiger partial charge in [-0.3, -0.25) is 9.63 Å². The molecule has 0 atom stereocenters. The van der Waals surface area contributed by atoms with Gasteiger partial charge < -0.3 is 4.74 Å². The second-order valence-corrected chi connectivity index (χ2v) is 6.14. The van der Waals surface area contributed by atoms with Gasteiger partial charge in [0.1, 0.15) is 12.4 Å².